The van der Waals surface area contributed by atoms with E-state index in [1.807, 2.05) is 0 Å². The van der Waals surface area contributed by atoms with Gasteiger partial charge in [0.05, 0.1) is 22.2 Å². The molecule has 0 aliphatic carbocycles. The van der Waals surface area contributed by atoms with Crippen LogP contribution in [0.2, 0.25) is 0 Å². The van der Waals surface area contributed by atoms with Crippen LogP contribution in [0.1, 0.15) is 0 Å². The first-order valence-corrected chi connectivity index (χ1v) is 17.2. The lowest BCUT2D eigenvalue weighted by molar-refractivity contribution is 0.284. The molecule has 3 aromatic rings. The van der Waals surface area contributed by atoms with Crippen LogP contribution in [0.15, 0.2) is 70.3 Å². The van der Waals surface area contributed by atoms with Crippen molar-refractivity contribution in [3.8, 4) is 5.75 Å². The molecule has 0 radical (unpaired) electrons. The van der Waals surface area contributed by atoms with Crippen LogP contribution in [0.5, 0.6) is 5.75 Å². The van der Waals surface area contributed by atoms with Crippen molar-refractivity contribution in [2.75, 3.05) is 12.4 Å². The summed E-state index contributed by atoms with van der Waals surface area (Å²) in [6.45, 7) is -0.867. The quantitative estimate of drug-likeness (QED) is 0.180. The normalized spacial score (nSPS) is 13.4. The highest BCUT2D eigenvalue weighted by atomic mass is 79.9. The average Bonchev–Trinajstić information content (AvgIpc) is 2.76. The monoisotopic (exact) mass is 752 g/mol. The maximum absolute atomic E-state index is 12.5. The Morgan fingerprint density at radius 2 is 1.31 bits per heavy atom. The molecule has 212 valence electrons. The summed E-state index contributed by atoms with van der Waals surface area (Å²) in [7, 11) is -18.7. The molecule has 0 heterocycles. The first-order valence-electron chi connectivity index (χ1n) is 9.71. The van der Waals surface area contributed by atoms with Crippen molar-refractivity contribution in [2.24, 2.45) is 10.2 Å². The van der Waals surface area contributed by atoms with Crippen molar-refractivity contribution in [3.05, 3.63) is 45.3 Å². The van der Waals surface area contributed by atoms with E-state index in [-0.39, 0.29) is 30.3 Å². The Balaban J connectivity index is 2.12. The van der Waals surface area contributed by atoms with E-state index in [9.17, 15) is 47.9 Å². The van der Waals surface area contributed by atoms with Crippen molar-refractivity contribution < 1.29 is 56.6 Å². The number of aromatic hydroxyl groups is 1. The molecule has 0 atom stereocenters. The molecule has 3 aromatic carbocycles. The van der Waals surface area contributed by atoms with E-state index < -0.39 is 74.1 Å². The Labute approximate surface area is 238 Å². The molecule has 0 saturated carbocycles. The number of hydrogen-bond acceptors (Lipinski definition) is 12. The van der Waals surface area contributed by atoms with Gasteiger partial charge in [-0.05, 0) is 67.6 Å². The van der Waals surface area contributed by atoms with Gasteiger partial charge in [0.1, 0.15) is 16.3 Å². The predicted octanol–water partition coefficient (Wildman–Crippen LogP) is 3.57. The van der Waals surface area contributed by atoms with Crippen molar-refractivity contribution in [1.82, 2.24) is 0 Å². The zero-order chi connectivity index (χ0) is 29.6. The Morgan fingerprint density at radius 1 is 0.744 bits per heavy atom. The molecular weight excluding hydrogens is 740 g/mol. The van der Waals surface area contributed by atoms with E-state index in [2.05, 4.69) is 46.3 Å². The lowest BCUT2D eigenvalue weighted by Gasteiger charge is -2.10. The molecule has 0 saturated heterocycles. The highest BCUT2D eigenvalue weighted by Gasteiger charge is 2.24. The Bertz CT molecular complexity index is 1940. The van der Waals surface area contributed by atoms with Gasteiger partial charge >= 0.3 is 10.4 Å². The van der Waals surface area contributed by atoms with Gasteiger partial charge in [0.15, 0.2) is 15.6 Å². The van der Waals surface area contributed by atoms with Crippen LogP contribution in [0.4, 0.5) is 11.4 Å². The van der Waals surface area contributed by atoms with E-state index in [1.54, 1.807) is 0 Å². The third-order valence-corrected chi connectivity index (χ3v) is 9.83. The van der Waals surface area contributed by atoms with Crippen LogP contribution in [0, 0.1) is 0 Å². The van der Waals surface area contributed by atoms with Gasteiger partial charge in [-0.25, -0.2) is 12.6 Å². The minimum Gasteiger partial charge on any atom is -0.504 e. The van der Waals surface area contributed by atoms with Gasteiger partial charge in [-0.1, -0.05) is 6.07 Å². The molecule has 15 nitrogen and oxygen atoms in total. The molecule has 0 aliphatic heterocycles. The maximum atomic E-state index is 12.5. The molecule has 0 amide bonds. The summed E-state index contributed by atoms with van der Waals surface area (Å²) >= 11 is 6.20. The van der Waals surface area contributed by atoms with Gasteiger partial charge in [0.2, 0.25) is 0 Å². The van der Waals surface area contributed by atoms with E-state index in [0.29, 0.717) is 0 Å². The fourth-order valence-corrected chi connectivity index (χ4v) is 7.39. The molecule has 4 N–H and O–H groups in total. The van der Waals surface area contributed by atoms with Crippen molar-refractivity contribution in [3.63, 3.8) is 0 Å². The first-order chi connectivity index (χ1) is 17.7. The summed E-state index contributed by atoms with van der Waals surface area (Å²) in [6.07, 6.45) is 0. The summed E-state index contributed by atoms with van der Waals surface area (Å²) in [5.41, 5.74) is -0.595. The van der Waals surface area contributed by atoms with Crippen molar-refractivity contribution in [2.45, 2.75) is 14.7 Å². The van der Waals surface area contributed by atoms with E-state index in [0.717, 1.165) is 36.4 Å². The number of sulfone groups is 1. The van der Waals surface area contributed by atoms with Gasteiger partial charge in [-0.3, -0.25) is 13.7 Å². The van der Waals surface area contributed by atoms with Gasteiger partial charge < -0.3 is 5.11 Å². The number of benzene rings is 3. The predicted molar refractivity (Wildman–Crippen MR) is 141 cm³/mol. The smallest absolute Gasteiger partial charge is 0.397 e. The Morgan fingerprint density at radius 3 is 1.82 bits per heavy atom. The second-order valence-electron chi connectivity index (χ2n) is 7.41. The number of phenols is 1. The standard InChI is InChI=1S/C18H14Br2N2O13S4/c19-13-7-11(36(24,25)4-3-35-39(32,33)34)8-14(20)17(13)22-21-16-12-2-1-10(37(26,27)28)5-9(12)6-15(18(16)23)38(29,30)31/h1-2,5-8,23H,3-4H2,(H,26,27,28)(H,29,30,31)(H,32,33,34)/b22-21+. The number of nitrogens with zero attached hydrogens (tertiary/aromatic N) is 2. The average molecular weight is 754 g/mol. The van der Waals surface area contributed by atoms with Gasteiger partial charge in [-0.2, -0.15) is 25.3 Å². The summed E-state index contributed by atoms with van der Waals surface area (Å²) < 4.78 is 124. The second kappa shape index (κ2) is 11.1. The third-order valence-electron chi connectivity index (χ3n) is 4.78. The van der Waals surface area contributed by atoms with Gasteiger partial charge in [0, 0.05) is 14.3 Å². The van der Waals surface area contributed by atoms with Crippen molar-refractivity contribution >= 4 is 94.5 Å². The fourth-order valence-electron chi connectivity index (χ4n) is 3.07. The highest BCUT2D eigenvalue weighted by molar-refractivity contribution is 9.11. The number of rotatable bonds is 9. The largest absolute Gasteiger partial charge is 0.504 e. The third kappa shape index (κ3) is 7.56. The SMILES string of the molecule is O=S(=O)(O)OCCS(=O)(=O)c1cc(Br)c(/N=N/c2c(O)c(S(=O)(=O)O)cc3cc(S(=O)(=O)O)ccc23)c(Br)c1. The van der Waals surface area contributed by atoms with Gasteiger partial charge in [-0.15, -0.1) is 10.2 Å². The molecule has 0 bridgehead atoms. The second-order valence-corrected chi connectivity index (χ2v) is 15.1. The molecular formula is C18H14Br2N2O13S4. The number of azo groups is 1. The van der Waals surface area contributed by atoms with Crippen LogP contribution < -0.4 is 0 Å². The maximum Gasteiger partial charge on any atom is 0.397 e. The van der Waals surface area contributed by atoms with E-state index in [1.165, 1.54) is 0 Å². The number of halogens is 2. The zero-order valence-electron chi connectivity index (χ0n) is 18.6. The minimum absolute atomic E-state index is 0.0123. The summed E-state index contributed by atoms with van der Waals surface area (Å²) in [4.78, 5) is -1.98. The molecule has 21 heteroatoms. The summed E-state index contributed by atoms with van der Waals surface area (Å²) in [5.74, 6) is -1.86. The molecule has 39 heavy (non-hydrogen) atoms. The zero-order valence-corrected chi connectivity index (χ0v) is 25.1. The van der Waals surface area contributed by atoms with E-state index >= 15 is 0 Å². The van der Waals surface area contributed by atoms with Crippen LogP contribution >= 0.6 is 31.9 Å². The lowest BCUT2D eigenvalue weighted by Crippen LogP contribution is -2.15. The molecule has 0 aliphatic rings. The van der Waals surface area contributed by atoms with E-state index in [4.69, 9.17) is 4.55 Å². The van der Waals surface area contributed by atoms with Gasteiger partial charge in [0.25, 0.3) is 20.2 Å². The van der Waals surface area contributed by atoms with Crippen molar-refractivity contribution in [1.29, 1.82) is 0 Å². The Hall–Kier alpha value is -2.08. The molecule has 0 unspecified atom stereocenters. The fraction of sp³-hybridized carbons (Fsp3) is 0.111. The minimum atomic E-state index is -5.05. The highest BCUT2D eigenvalue weighted by Crippen LogP contribution is 2.43. The van der Waals surface area contributed by atoms with Crippen LogP contribution in [0.25, 0.3) is 10.8 Å². The van der Waals surface area contributed by atoms with Crippen LogP contribution in [-0.4, -0.2) is 64.8 Å². The molecule has 0 fully saturated rings. The lowest BCUT2D eigenvalue weighted by atomic mass is 10.1. The summed E-state index contributed by atoms with van der Waals surface area (Å²) in [6, 6.07) is 5.81. The molecule has 3 rings (SSSR count). The summed E-state index contributed by atoms with van der Waals surface area (Å²) in [5, 5.41) is 18.0. The molecule has 0 aromatic heterocycles. The molecule has 0 spiro atoms. The number of hydrogen-bond donors (Lipinski definition) is 4. The Kier molecular flexibility index (Phi) is 8.92. The first kappa shape index (κ1) is 31.4. The van der Waals surface area contributed by atoms with Crippen LogP contribution in [-0.2, 0) is 44.7 Å². The topological polar surface area (TPSA) is 251 Å². The number of fused-ring (bicyclic) bond motifs is 1. The number of phenolic OH excluding ortho intramolecular Hbond substituents is 1. The van der Waals surface area contributed by atoms with Crippen LogP contribution in [0.3, 0.4) is 0 Å².